The summed E-state index contributed by atoms with van der Waals surface area (Å²) in [7, 11) is 0. The maximum Gasteiger partial charge on any atom is 0.422 e. The molecular weight excluding hydrogens is 409 g/mol. The maximum atomic E-state index is 12.2. The van der Waals surface area contributed by atoms with E-state index in [9.17, 15) is 13.2 Å². The number of hydrogen-bond donors (Lipinski definition) is 0. The van der Waals surface area contributed by atoms with E-state index in [4.69, 9.17) is 4.74 Å². The summed E-state index contributed by atoms with van der Waals surface area (Å²) in [5.74, 6) is 3.76. The molecule has 3 rings (SSSR count). The highest BCUT2D eigenvalue weighted by Gasteiger charge is 2.30. The zero-order valence-corrected chi connectivity index (χ0v) is 19.7. The molecule has 2 saturated carbocycles. The van der Waals surface area contributed by atoms with E-state index in [1.165, 1.54) is 83.5 Å². The SMILES string of the molecule is CCCCCC[C@H]1CC[C@H]([C@H]2CC[C@H](C=Cc3ccc(OCC(F)(F)F)cc3)CC2)CC1. The van der Waals surface area contributed by atoms with Crippen molar-refractivity contribution in [3.8, 4) is 5.75 Å². The lowest BCUT2D eigenvalue weighted by molar-refractivity contribution is -0.153. The molecular formula is C28H41F3O. The summed E-state index contributed by atoms with van der Waals surface area (Å²) < 4.78 is 41.5. The van der Waals surface area contributed by atoms with E-state index in [1.54, 1.807) is 12.1 Å². The molecule has 1 aromatic carbocycles. The average molecular weight is 451 g/mol. The van der Waals surface area contributed by atoms with Crippen molar-refractivity contribution < 1.29 is 17.9 Å². The second kappa shape index (κ2) is 12.7. The minimum atomic E-state index is -4.30. The van der Waals surface area contributed by atoms with Gasteiger partial charge in [-0.25, -0.2) is 0 Å². The smallest absolute Gasteiger partial charge is 0.422 e. The number of alkyl halides is 3. The minimum absolute atomic E-state index is 0.260. The Bertz CT molecular complexity index is 663. The van der Waals surface area contributed by atoms with Gasteiger partial charge in [0.2, 0.25) is 0 Å². The predicted molar refractivity (Wildman–Crippen MR) is 127 cm³/mol. The van der Waals surface area contributed by atoms with E-state index >= 15 is 0 Å². The van der Waals surface area contributed by atoms with E-state index < -0.39 is 12.8 Å². The fraction of sp³-hybridized carbons (Fsp3) is 0.714. The summed E-state index contributed by atoms with van der Waals surface area (Å²) in [5, 5.41) is 0. The highest BCUT2D eigenvalue weighted by Crippen LogP contribution is 2.42. The van der Waals surface area contributed by atoms with Crippen LogP contribution in [0.15, 0.2) is 30.3 Å². The number of unbranched alkanes of at least 4 members (excludes halogenated alkanes) is 3. The molecule has 4 heteroatoms. The van der Waals surface area contributed by atoms with Crippen LogP contribution in [0.3, 0.4) is 0 Å². The molecule has 0 N–H and O–H groups in total. The lowest BCUT2D eigenvalue weighted by Gasteiger charge is -2.37. The van der Waals surface area contributed by atoms with Gasteiger partial charge >= 0.3 is 6.18 Å². The monoisotopic (exact) mass is 450 g/mol. The fourth-order valence-corrected chi connectivity index (χ4v) is 5.70. The van der Waals surface area contributed by atoms with Crippen molar-refractivity contribution in [1.82, 2.24) is 0 Å². The molecule has 2 fully saturated rings. The van der Waals surface area contributed by atoms with Crippen LogP contribution in [0.4, 0.5) is 13.2 Å². The number of ether oxygens (including phenoxy) is 1. The molecule has 180 valence electrons. The third-order valence-electron chi connectivity index (χ3n) is 7.68. The topological polar surface area (TPSA) is 9.23 Å². The molecule has 0 aliphatic heterocycles. The van der Waals surface area contributed by atoms with Crippen LogP contribution in [0, 0.1) is 23.7 Å². The third kappa shape index (κ3) is 8.83. The molecule has 0 bridgehead atoms. The van der Waals surface area contributed by atoms with Gasteiger partial charge in [0.15, 0.2) is 6.61 Å². The molecule has 0 saturated heterocycles. The van der Waals surface area contributed by atoms with Gasteiger partial charge in [0, 0.05) is 0 Å². The summed E-state index contributed by atoms with van der Waals surface area (Å²) >= 11 is 0. The van der Waals surface area contributed by atoms with Gasteiger partial charge in [-0.15, -0.1) is 0 Å². The highest BCUT2D eigenvalue weighted by molar-refractivity contribution is 5.50. The largest absolute Gasteiger partial charge is 0.484 e. The fourth-order valence-electron chi connectivity index (χ4n) is 5.70. The number of hydrogen-bond acceptors (Lipinski definition) is 1. The lowest BCUT2D eigenvalue weighted by Crippen LogP contribution is -2.25. The summed E-state index contributed by atoms with van der Waals surface area (Å²) in [4.78, 5) is 0. The van der Waals surface area contributed by atoms with Gasteiger partial charge in [-0.2, -0.15) is 13.2 Å². The standard InChI is InChI=1S/C28H41F3O/c1-2-3-4-5-6-22-9-15-25(16-10-22)26-17-11-23(12-18-26)7-8-24-13-19-27(20-14-24)32-21-28(29,30)31/h7-8,13-14,19-20,22-23,25-26H,2-6,9-12,15-18,21H2,1H3/t22-,23-,25-,26-. The van der Waals surface area contributed by atoms with Crippen LogP contribution < -0.4 is 4.74 Å². The molecule has 32 heavy (non-hydrogen) atoms. The van der Waals surface area contributed by atoms with Crippen LogP contribution >= 0.6 is 0 Å². The van der Waals surface area contributed by atoms with Crippen molar-refractivity contribution in [1.29, 1.82) is 0 Å². The Balaban J connectivity index is 1.34. The Morgan fingerprint density at radius 3 is 2.06 bits per heavy atom. The molecule has 0 aromatic heterocycles. The summed E-state index contributed by atoms with van der Waals surface area (Å²) in [6, 6.07) is 6.88. The van der Waals surface area contributed by atoms with Crippen LogP contribution in [0.1, 0.15) is 96.0 Å². The molecule has 0 amide bonds. The summed E-state index contributed by atoms with van der Waals surface area (Å²) in [6.07, 6.45) is 18.2. The Morgan fingerprint density at radius 1 is 0.844 bits per heavy atom. The average Bonchev–Trinajstić information content (AvgIpc) is 2.80. The van der Waals surface area contributed by atoms with Crippen LogP contribution in [-0.4, -0.2) is 12.8 Å². The molecule has 1 nitrogen and oxygen atoms in total. The van der Waals surface area contributed by atoms with E-state index in [2.05, 4.69) is 19.1 Å². The molecule has 0 unspecified atom stereocenters. The number of rotatable bonds is 10. The first-order valence-electron chi connectivity index (χ1n) is 12.9. The second-order valence-electron chi connectivity index (χ2n) is 10.1. The Kier molecular flexibility index (Phi) is 9.99. The van der Waals surface area contributed by atoms with Gasteiger partial charge in [-0.1, -0.05) is 76.2 Å². The second-order valence-corrected chi connectivity index (χ2v) is 10.1. The molecule has 2 aliphatic carbocycles. The van der Waals surface area contributed by atoms with Gasteiger partial charge in [0.1, 0.15) is 5.75 Å². The van der Waals surface area contributed by atoms with Gasteiger partial charge in [0.25, 0.3) is 0 Å². The zero-order chi connectivity index (χ0) is 22.8. The quantitative estimate of drug-likeness (QED) is 0.323. The van der Waals surface area contributed by atoms with E-state index in [-0.39, 0.29) is 5.75 Å². The molecule has 2 aliphatic rings. The van der Waals surface area contributed by atoms with Gasteiger partial charge in [-0.3, -0.25) is 0 Å². The first-order chi connectivity index (χ1) is 15.4. The van der Waals surface area contributed by atoms with E-state index in [1.807, 2.05) is 12.1 Å². The Morgan fingerprint density at radius 2 is 1.47 bits per heavy atom. The van der Waals surface area contributed by atoms with E-state index in [0.717, 1.165) is 23.3 Å². The van der Waals surface area contributed by atoms with Crippen molar-refractivity contribution in [2.75, 3.05) is 6.61 Å². The number of allylic oxidation sites excluding steroid dienone is 1. The van der Waals surface area contributed by atoms with Crippen molar-refractivity contribution in [2.24, 2.45) is 23.7 Å². The highest BCUT2D eigenvalue weighted by atomic mass is 19.4. The van der Waals surface area contributed by atoms with Crippen molar-refractivity contribution >= 4 is 6.08 Å². The minimum Gasteiger partial charge on any atom is -0.484 e. The van der Waals surface area contributed by atoms with Gasteiger partial charge < -0.3 is 4.74 Å². The van der Waals surface area contributed by atoms with Crippen molar-refractivity contribution in [3.05, 3.63) is 35.9 Å². The summed E-state index contributed by atoms with van der Waals surface area (Å²) in [6.45, 7) is 1.04. The Labute approximate surface area is 192 Å². The first-order valence-corrected chi connectivity index (χ1v) is 12.9. The molecule has 0 heterocycles. The Hall–Kier alpha value is -1.45. The van der Waals surface area contributed by atoms with E-state index in [0.29, 0.717) is 5.92 Å². The van der Waals surface area contributed by atoms with Gasteiger partial charge in [0.05, 0.1) is 0 Å². The lowest BCUT2D eigenvalue weighted by atomic mass is 9.68. The third-order valence-corrected chi connectivity index (χ3v) is 7.68. The molecule has 0 radical (unpaired) electrons. The van der Waals surface area contributed by atoms with Crippen LogP contribution in [-0.2, 0) is 0 Å². The number of halogens is 3. The van der Waals surface area contributed by atoms with Crippen molar-refractivity contribution in [2.45, 2.75) is 96.6 Å². The first kappa shape index (κ1) is 25.2. The summed E-state index contributed by atoms with van der Waals surface area (Å²) in [5.41, 5.74) is 1.02. The number of benzene rings is 1. The van der Waals surface area contributed by atoms with Crippen LogP contribution in [0.5, 0.6) is 5.75 Å². The zero-order valence-electron chi connectivity index (χ0n) is 19.7. The van der Waals surface area contributed by atoms with Crippen LogP contribution in [0.25, 0.3) is 6.08 Å². The molecule has 0 atom stereocenters. The van der Waals surface area contributed by atoms with Crippen LogP contribution in [0.2, 0.25) is 0 Å². The molecule has 0 spiro atoms. The van der Waals surface area contributed by atoms with Crippen molar-refractivity contribution in [3.63, 3.8) is 0 Å². The molecule has 1 aromatic rings. The normalized spacial score (nSPS) is 27.0. The predicted octanol–water partition coefficient (Wildman–Crippen LogP) is 9.22. The maximum absolute atomic E-state index is 12.2. The van der Waals surface area contributed by atoms with Gasteiger partial charge in [-0.05, 0) is 79.9 Å².